The van der Waals surface area contributed by atoms with E-state index in [4.69, 9.17) is 5.26 Å². The zero-order valence-electron chi connectivity index (χ0n) is 10.3. The van der Waals surface area contributed by atoms with Crippen LogP contribution < -0.4 is 0 Å². The molecule has 18 heavy (non-hydrogen) atoms. The molecule has 0 amide bonds. The Bertz CT molecular complexity index is 581. The summed E-state index contributed by atoms with van der Waals surface area (Å²) in [7, 11) is 0. The lowest BCUT2D eigenvalue weighted by atomic mass is 10.1. The van der Waals surface area contributed by atoms with Crippen LogP contribution in [0.4, 0.5) is 0 Å². The van der Waals surface area contributed by atoms with Crippen LogP contribution >= 0.6 is 0 Å². The van der Waals surface area contributed by atoms with Gasteiger partial charge in [0.1, 0.15) is 17.6 Å². The van der Waals surface area contributed by atoms with Gasteiger partial charge in [-0.15, -0.1) is 0 Å². The van der Waals surface area contributed by atoms with Crippen LogP contribution in [0.3, 0.4) is 0 Å². The van der Waals surface area contributed by atoms with Gasteiger partial charge in [-0.1, -0.05) is 13.0 Å². The average Bonchev–Trinajstić information content (AvgIpc) is 2.80. The lowest BCUT2D eigenvalue weighted by molar-refractivity contribution is 0.473. The van der Waals surface area contributed by atoms with E-state index in [1.54, 1.807) is 18.3 Å². The Morgan fingerprint density at radius 1 is 1.44 bits per heavy atom. The number of nitrogens with zero attached hydrogens (tertiary/aromatic N) is 3. The van der Waals surface area contributed by atoms with Crippen molar-refractivity contribution in [2.75, 3.05) is 0 Å². The van der Waals surface area contributed by atoms with E-state index in [9.17, 15) is 5.11 Å². The van der Waals surface area contributed by atoms with E-state index in [1.807, 2.05) is 18.3 Å². The fourth-order valence-electron chi connectivity index (χ4n) is 1.92. The summed E-state index contributed by atoms with van der Waals surface area (Å²) in [6, 6.07) is 7.06. The lowest BCUT2D eigenvalue weighted by Crippen LogP contribution is -2.03. The standard InChI is InChI=1S/C14H15N3O/c1-2-6-17-7-5-16-14(17)9-11-3-4-13(18)12(8-11)10-15/h3-5,7-8,18H,2,6,9H2,1H3. The Hall–Kier alpha value is -2.28. The molecule has 4 heteroatoms. The van der Waals surface area contributed by atoms with Gasteiger partial charge in [0.25, 0.3) is 0 Å². The number of aromatic hydroxyl groups is 1. The van der Waals surface area contributed by atoms with Crippen molar-refractivity contribution in [2.45, 2.75) is 26.3 Å². The maximum Gasteiger partial charge on any atom is 0.133 e. The van der Waals surface area contributed by atoms with E-state index in [2.05, 4.69) is 16.5 Å². The molecule has 0 aliphatic heterocycles. The third kappa shape index (κ3) is 2.51. The summed E-state index contributed by atoms with van der Waals surface area (Å²) in [6.07, 6.45) is 5.48. The predicted octanol–water partition coefficient (Wildman–Crippen LogP) is 2.46. The normalized spacial score (nSPS) is 10.2. The Labute approximate surface area is 106 Å². The molecule has 0 radical (unpaired) electrons. The Balaban J connectivity index is 2.23. The van der Waals surface area contributed by atoms with Gasteiger partial charge in [0, 0.05) is 25.4 Å². The molecule has 0 spiro atoms. The molecule has 0 bridgehead atoms. The maximum atomic E-state index is 9.46. The van der Waals surface area contributed by atoms with Gasteiger partial charge in [-0.3, -0.25) is 0 Å². The summed E-state index contributed by atoms with van der Waals surface area (Å²) in [5.74, 6) is 1.00. The van der Waals surface area contributed by atoms with Crippen LogP contribution in [-0.4, -0.2) is 14.7 Å². The number of hydrogen-bond donors (Lipinski definition) is 1. The van der Waals surface area contributed by atoms with Gasteiger partial charge in [0.2, 0.25) is 0 Å². The molecule has 2 rings (SSSR count). The Morgan fingerprint density at radius 3 is 3.00 bits per heavy atom. The first kappa shape index (κ1) is 12.2. The number of aryl methyl sites for hydroxylation is 1. The highest BCUT2D eigenvalue weighted by Gasteiger charge is 2.06. The molecular formula is C14H15N3O. The summed E-state index contributed by atoms with van der Waals surface area (Å²) in [4.78, 5) is 4.33. The summed E-state index contributed by atoms with van der Waals surface area (Å²) < 4.78 is 2.11. The van der Waals surface area contributed by atoms with Crippen molar-refractivity contribution in [2.24, 2.45) is 0 Å². The van der Waals surface area contributed by atoms with Gasteiger partial charge in [0.05, 0.1) is 5.56 Å². The number of phenolic OH excluding ortho intramolecular Hbond substituents is 1. The Kier molecular flexibility index (Phi) is 3.63. The second-order valence-corrected chi connectivity index (χ2v) is 4.18. The van der Waals surface area contributed by atoms with Crippen molar-refractivity contribution in [1.82, 2.24) is 9.55 Å². The summed E-state index contributed by atoms with van der Waals surface area (Å²) in [6.45, 7) is 3.07. The van der Waals surface area contributed by atoms with E-state index in [-0.39, 0.29) is 5.75 Å². The van der Waals surface area contributed by atoms with Crippen molar-refractivity contribution in [3.05, 3.63) is 47.5 Å². The molecule has 1 N–H and O–H groups in total. The molecule has 0 fully saturated rings. The van der Waals surface area contributed by atoms with Crippen LogP contribution in [0, 0.1) is 11.3 Å². The molecule has 92 valence electrons. The van der Waals surface area contributed by atoms with Gasteiger partial charge < -0.3 is 9.67 Å². The number of phenols is 1. The third-order valence-corrected chi connectivity index (χ3v) is 2.81. The van der Waals surface area contributed by atoms with Crippen LogP contribution in [0.1, 0.15) is 30.3 Å². The minimum absolute atomic E-state index is 0.0261. The third-order valence-electron chi connectivity index (χ3n) is 2.81. The zero-order valence-corrected chi connectivity index (χ0v) is 10.3. The number of benzene rings is 1. The zero-order chi connectivity index (χ0) is 13.0. The first-order chi connectivity index (χ1) is 8.74. The van der Waals surface area contributed by atoms with Gasteiger partial charge in [-0.25, -0.2) is 4.98 Å². The molecule has 0 atom stereocenters. The van der Waals surface area contributed by atoms with Crippen LogP contribution in [0.25, 0.3) is 0 Å². The van der Waals surface area contributed by atoms with Gasteiger partial charge in [0.15, 0.2) is 0 Å². The van der Waals surface area contributed by atoms with Crippen molar-refractivity contribution >= 4 is 0 Å². The second-order valence-electron chi connectivity index (χ2n) is 4.18. The fourth-order valence-corrected chi connectivity index (χ4v) is 1.92. The molecule has 2 aromatic rings. The monoisotopic (exact) mass is 241 g/mol. The highest BCUT2D eigenvalue weighted by molar-refractivity contribution is 5.44. The number of rotatable bonds is 4. The van der Waals surface area contributed by atoms with Gasteiger partial charge in [-0.2, -0.15) is 5.26 Å². The smallest absolute Gasteiger partial charge is 0.133 e. The quantitative estimate of drug-likeness (QED) is 0.894. The topological polar surface area (TPSA) is 61.8 Å². The molecule has 0 unspecified atom stereocenters. The highest BCUT2D eigenvalue weighted by Crippen LogP contribution is 2.19. The molecule has 4 nitrogen and oxygen atoms in total. The van der Waals surface area contributed by atoms with E-state index in [0.717, 1.165) is 24.4 Å². The van der Waals surface area contributed by atoms with Crippen molar-refractivity contribution in [1.29, 1.82) is 5.26 Å². The Morgan fingerprint density at radius 2 is 2.28 bits per heavy atom. The molecule has 1 heterocycles. The molecule has 0 saturated heterocycles. The largest absolute Gasteiger partial charge is 0.507 e. The number of hydrogen-bond acceptors (Lipinski definition) is 3. The molecule has 0 aliphatic carbocycles. The van der Waals surface area contributed by atoms with E-state index >= 15 is 0 Å². The fraction of sp³-hybridized carbons (Fsp3) is 0.286. The van der Waals surface area contributed by atoms with Crippen LogP contribution in [-0.2, 0) is 13.0 Å². The van der Waals surface area contributed by atoms with Crippen LogP contribution in [0.2, 0.25) is 0 Å². The minimum Gasteiger partial charge on any atom is -0.507 e. The molecular weight excluding hydrogens is 226 g/mol. The second kappa shape index (κ2) is 5.37. The molecule has 1 aromatic carbocycles. The SMILES string of the molecule is CCCn1ccnc1Cc1ccc(O)c(C#N)c1. The molecule has 0 saturated carbocycles. The number of nitriles is 1. The van der Waals surface area contributed by atoms with E-state index in [1.165, 1.54) is 0 Å². The van der Waals surface area contributed by atoms with Crippen molar-refractivity contribution < 1.29 is 5.11 Å². The maximum absolute atomic E-state index is 9.46. The van der Waals surface area contributed by atoms with Gasteiger partial charge >= 0.3 is 0 Å². The summed E-state index contributed by atoms with van der Waals surface area (Å²) in [5, 5.41) is 18.3. The lowest BCUT2D eigenvalue weighted by Gasteiger charge is -2.07. The molecule has 1 aromatic heterocycles. The van der Waals surface area contributed by atoms with Crippen molar-refractivity contribution in [3.8, 4) is 11.8 Å². The average molecular weight is 241 g/mol. The first-order valence-corrected chi connectivity index (χ1v) is 5.96. The summed E-state index contributed by atoms with van der Waals surface area (Å²) in [5.41, 5.74) is 1.29. The van der Waals surface area contributed by atoms with Crippen LogP contribution in [0.15, 0.2) is 30.6 Å². The number of imidazole rings is 1. The van der Waals surface area contributed by atoms with Crippen molar-refractivity contribution in [3.63, 3.8) is 0 Å². The number of aromatic nitrogens is 2. The van der Waals surface area contributed by atoms with E-state index in [0.29, 0.717) is 12.0 Å². The molecule has 0 aliphatic rings. The predicted molar refractivity (Wildman–Crippen MR) is 68.1 cm³/mol. The first-order valence-electron chi connectivity index (χ1n) is 5.96. The van der Waals surface area contributed by atoms with Gasteiger partial charge in [-0.05, 0) is 24.1 Å². The van der Waals surface area contributed by atoms with Crippen LogP contribution in [0.5, 0.6) is 5.75 Å². The minimum atomic E-state index is 0.0261. The summed E-state index contributed by atoms with van der Waals surface area (Å²) >= 11 is 0. The van der Waals surface area contributed by atoms with E-state index < -0.39 is 0 Å². The highest BCUT2D eigenvalue weighted by atomic mass is 16.3.